The minimum atomic E-state index is -1.06. The summed E-state index contributed by atoms with van der Waals surface area (Å²) in [6.07, 6.45) is 1.22. The van der Waals surface area contributed by atoms with E-state index >= 15 is 0 Å². The molecule has 3 atom stereocenters. The Morgan fingerprint density at radius 3 is 2.48 bits per heavy atom. The highest BCUT2D eigenvalue weighted by Crippen LogP contribution is 2.17. The molecule has 2 rings (SSSR count). The number of nitrogens with zero attached hydrogens (tertiary/aromatic N) is 1. The number of carboxylic acids is 1. The zero-order valence-corrected chi connectivity index (χ0v) is 16.1. The summed E-state index contributed by atoms with van der Waals surface area (Å²) in [7, 11) is 0. The third-order valence-corrected chi connectivity index (χ3v) is 4.75. The van der Waals surface area contributed by atoms with E-state index < -0.39 is 41.8 Å². The summed E-state index contributed by atoms with van der Waals surface area (Å²) in [4.78, 5) is 48.9. The second-order valence-corrected chi connectivity index (χ2v) is 7.01. The number of hydrogen-bond donors (Lipinski definition) is 5. The minimum absolute atomic E-state index is 0.107. The van der Waals surface area contributed by atoms with Crippen molar-refractivity contribution in [2.75, 3.05) is 13.1 Å². The Bertz CT molecular complexity index is 766. The van der Waals surface area contributed by atoms with Crippen LogP contribution in [0.4, 0.5) is 0 Å². The average Bonchev–Trinajstić information content (AvgIpc) is 3.17. The van der Waals surface area contributed by atoms with Gasteiger partial charge in [-0.25, -0.2) is 4.79 Å². The van der Waals surface area contributed by atoms with Gasteiger partial charge in [-0.05, 0) is 43.9 Å². The number of carbonyl (C=O) groups excluding carboxylic acids is 3. The zero-order chi connectivity index (χ0) is 21.6. The predicted octanol–water partition coefficient (Wildman–Crippen LogP) is -1.04. The van der Waals surface area contributed by atoms with E-state index in [4.69, 9.17) is 10.8 Å². The highest BCUT2D eigenvalue weighted by Gasteiger charge is 2.34. The lowest BCUT2D eigenvalue weighted by atomic mass is 10.1. The van der Waals surface area contributed by atoms with Crippen LogP contribution < -0.4 is 16.4 Å². The van der Waals surface area contributed by atoms with Gasteiger partial charge in [-0.15, -0.1) is 0 Å². The molecule has 158 valence electrons. The molecule has 6 N–H and O–H groups in total. The van der Waals surface area contributed by atoms with Gasteiger partial charge in [0.15, 0.2) is 0 Å². The molecule has 10 nitrogen and oxygen atoms in total. The molecule has 1 saturated heterocycles. The molecule has 0 saturated carbocycles. The van der Waals surface area contributed by atoms with E-state index in [1.807, 2.05) is 0 Å². The monoisotopic (exact) mass is 406 g/mol. The summed E-state index contributed by atoms with van der Waals surface area (Å²) in [6, 6.07) is 3.59. The van der Waals surface area contributed by atoms with Crippen molar-refractivity contribution in [3.63, 3.8) is 0 Å². The summed E-state index contributed by atoms with van der Waals surface area (Å²) in [5, 5.41) is 23.3. The van der Waals surface area contributed by atoms with E-state index in [2.05, 4.69) is 10.6 Å². The Labute approximate surface area is 168 Å². The molecule has 10 heteroatoms. The van der Waals surface area contributed by atoms with E-state index in [9.17, 15) is 24.3 Å². The molecular formula is C19H26N4O6. The largest absolute Gasteiger partial charge is 0.508 e. The molecule has 29 heavy (non-hydrogen) atoms. The van der Waals surface area contributed by atoms with Gasteiger partial charge < -0.3 is 31.5 Å². The van der Waals surface area contributed by atoms with Crippen molar-refractivity contribution in [3.8, 4) is 5.75 Å². The van der Waals surface area contributed by atoms with E-state index in [-0.39, 0.29) is 18.7 Å². The van der Waals surface area contributed by atoms with Gasteiger partial charge in [-0.1, -0.05) is 12.1 Å². The lowest BCUT2D eigenvalue weighted by molar-refractivity contribution is -0.148. The molecule has 0 aliphatic carbocycles. The first-order valence-electron chi connectivity index (χ1n) is 9.33. The second kappa shape index (κ2) is 9.87. The van der Waals surface area contributed by atoms with E-state index in [1.165, 1.54) is 24.0 Å². The number of carboxylic acid groups (broad SMARTS) is 1. The summed E-state index contributed by atoms with van der Waals surface area (Å²) in [5.41, 5.74) is 6.62. The maximum absolute atomic E-state index is 12.2. The van der Waals surface area contributed by atoms with Crippen LogP contribution in [0.1, 0.15) is 25.3 Å². The number of aromatic hydroxyl groups is 1. The molecule has 1 aliphatic heterocycles. The van der Waals surface area contributed by atoms with Crippen LogP contribution in [0.25, 0.3) is 0 Å². The lowest BCUT2D eigenvalue weighted by Crippen LogP contribution is -2.52. The minimum Gasteiger partial charge on any atom is -0.508 e. The third kappa shape index (κ3) is 6.18. The molecule has 1 heterocycles. The van der Waals surface area contributed by atoms with Gasteiger partial charge in [0.2, 0.25) is 17.7 Å². The fourth-order valence-corrected chi connectivity index (χ4v) is 3.10. The van der Waals surface area contributed by atoms with Crippen LogP contribution >= 0.6 is 0 Å². The fraction of sp³-hybridized carbons (Fsp3) is 0.474. The van der Waals surface area contributed by atoms with Crippen molar-refractivity contribution in [2.45, 2.75) is 44.3 Å². The quantitative estimate of drug-likeness (QED) is 0.368. The fourth-order valence-electron chi connectivity index (χ4n) is 3.10. The number of hydrogen-bond acceptors (Lipinski definition) is 6. The van der Waals surface area contributed by atoms with Gasteiger partial charge in [0.1, 0.15) is 17.8 Å². The summed E-state index contributed by atoms with van der Waals surface area (Å²) in [5.74, 6) is -2.54. The second-order valence-electron chi connectivity index (χ2n) is 7.01. The molecule has 0 radical (unpaired) electrons. The maximum Gasteiger partial charge on any atom is 0.326 e. The van der Waals surface area contributed by atoms with Gasteiger partial charge in [-0.3, -0.25) is 14.4 Å². The lowest BCUT2D eigenvalue weighted by Gasteiger charge is -2.22. The van der Waals surface area contributed by atoms with Crippen molar-refractivity contribution in [3.05, 3.63) is 29.8 Å². The summed E-state index contributed by atoms with van der Waals surface area (Å²) in [6.45, 7) is 1.45. The van der Waals surface area contributed by atoms with Gasteiger partial charge in [-0.2, -0.15) is 0 Å². The summed E-state index contributed by atoms with van der Waals surface area (Å²) >= 11 is 0. The SMILES string of the molecule is CC(NC(=O)C(N)Cc1ccc(O)cc1)C(=O)NCC(=O)N1CCCC1C(=O)O. The van der Waals surface area contributed by atoms with Gasteiger partial charge in [0.25, 0.3) is 0 Å². The Morgan fingerprint density at radius 2 is 1.86 bits per heavy atom. The molecule has 1 aromatic rings. The number of nitrogens with two attached hydrogens (primary N) is 1. The normalized spacial score (nSPS) is 18.0. The van der Waals surface area contributed by atoms with Crippen LogP contribution in [0, 0.1) is 0 Å². The Balaban J connectivity index is 1.78. The number of phenolic OH excluding ortho intramolecular Hbond substituents is 1. The zero-order valence-electron chi connectivity index (χ0n) is 16.1. The molecule has 0 spiro atoms. The molecule has 0 aromatic heterocycles. The van der Waals surface area contributed by atoms with Crippen molar-refractivity contribution in [2.24, 2.45) is 5.73 Å². The Morgan fingerprint density at radius 1 is 1.21 bits per heavy atom. The Kier molecular flexibility index (Phi) is 7.54. The number of rotatable bonds is 8. The van der Waals surface area contributed by atoms with Crippen LogP contribution in [-0.2, 0) is 25.6 Å². The van der Waals surface area contributed by atoms with Crippen molar-refractivity contribution in [1.82, 2.24) is 15.5 Å². The third-order valence-electron chi connectivity index (χ3n) is 4.75. The van der Waals surface area contributed by atoms with Gasteiger partial charge >= 0.3 is 5.97 Å². The molecule has 1 aliphatic rings. The van der Waals surface area contributed by atoms with E-state index in [1.54, 1.807) is 12.1 Å². The number of nitrogens with one attached hydrogen (secondary N) is 2. The highest BCUT2D eigenvalue weighted by molar-refractivity contribution is 5.92. The average molecular weight is 406 g/mol. The first kappa shape index (κ1) is 22.2. The van der Waals surface area contributed by atoms with Gasteiger partial charge in [0, 0.05) is 6.54 Å². The van der Waals surface area contributed by atoms with Crippen LogP contribution in [0.3, 0.4) is 0 Å². The number of phenols is 1. The molecule has 3 unspecified atom stereocenters. The predicted molar refractivity (Wildman–Crippen MR) is 103 cm³/mol. The van der Waals surface area contributed by atoms with E-state index in [0.29, 0.717) is 19.4 Å². The molecular weight excluding hydrogens is 380 g/mol. The number of benzene rings is 1. The standard InChI is InChI=1S/C19H26N4O6/c1-11(22-18(27)14(20)9-12-4-6-13(24)7-5-12)17(26)21-10-16(25)23-8-2-3-15(23)19(28)29/h4-7,11,14-15,24H,2-3,8-10,20H2,1H3,(H,21,26)(H,22,27)(H,28,29). The van der Waals surface area contributed by atoms with Gasteiger partial charge in [0.05, 0.1) is 12.6 Å². The molecule has 3 amide bonds. The molecule has 1 aromatic carbocycles. The Hall–Kier alpha value is -3.14. The van der Waals surface area contributed by atoms with Crippen LogP contribution in [0.5, 0.6) is 5.75 Å². The maximum atomic E-state index is 12.2. The number of aliphatic carboxylic acids is 1. The van der Waals surface area contributed by atoms with Crippen molar-refractivity contribution >= 4 is 23.7 Å². The van der Waals surface area contributed by atoms with Crippen molar-refractivity contribution < 1.29 is 29.4 Å². The topological polar surface area (TPSA) is 162 Å². The van der Waals surface area contributed by atoms with Crippen molar-refractivity contribution in [1.29, 1.82) is 0 Å². The first-order valence-corrected chi connectivity index (χ1v) is 9.33. The number of amides is 3. The smallest absolute Gasteiger partial charge is 0.326 e. The highest BCUT2D eigenvalue weighted by atomic mass is 16.4. The molecule has 1 fully saturated rings. The first-order chi connectivity index (χ1) is 13.7. The van der Waals surface area contributed by atoms with E-state index in [0.717, 1.165) is 5.56 Å². The molecule has 0 bridgehead atoms. The number of carbonyl (C=O) groups is 4. The summed E-state index contributed by atoms with van der Waals surface area (Å²) < 4.78 is 0. The van der Waals surface area contributed by atoms with Crippen LogP contribution in [0.2, 0.25) is 0 Å². The van der Waals surface area contributed by atoms with Crippen LogP contribution in [-0.4, -0.2) is 70.0 Å². The number of likely N-dealkylation sites (tertiary alicyclic amines) is 1. The van der Waals surface area contributed by atoms with Crippen LogP contribution in [0.15, 0.2) is 24.3 Å².